The Morgan fingerprint density at radius 2 is 1.87 bits per heavy atom. The monoisotopic (exact) mass is 516 g/mol. The standard InChI is InChI=1S/C23H22N6O2.C6H14O/c24-22(30)21-20(16-5-2-1-3-6-16)27-23-18(7-4-10-29(21)23)26-17-8-9-19(25-15-17)28-11-13-31-14-12-28;1-6(2)4-3-5-7/h1-10,15,26H,11-14H2,(H2,24,30);6-7H,3-5H2,1-2H3. The van der Waals surface area contributed by atoms with Crippen LogP contribution < -0.4 is 16.0 Å². The molecule has 0 radical (unpaired) electrons. The molecule has 1 aromatic carbocycles. The number of aliphatic hydroxyl groups is 1. The van der Waals surface area contributed by atoms with Gasteiger partial charge in [0, 0.05) is 31.5 Å². The number of anilines is 3. The molecule has 1 amide bonds. The summed E-state index contributed by atoms with van der Waals surface area (Å²) in [5, 5.41) is 11.7. The number of nitrogens with one attached hydrogen (secondary N) is 1. The molecule has 0 aliphatic carbocycles. The van der Waals surface area contributed by atoms with E-state index in [0.29, 0.717) is 23.6 Å². The summed E-state index contributed by atoms with van der Waals surface area (Å²) in [6.45, 7) is 7.78. The van der Waals surface area contributed by atoms with Crippen molar-refractivity contribution in [2.45, 2.75) is 26.7 Å². The topological polar surface area (TPSA) is 118 Å². The van der Waals surface area contributed by atoms with Crippen LogP contribution in [-0.4, -0.2) is 58.3 Å². The van der Waals surface area contributed by atoms with Gasteiger partial charge < -0.3 is 25.8 Å². The largest absolute Gasteiger partial charge is 0.396 e. The Hall–Kier alpha value is -3.95. The molecule has 0 spiro atoms. The van der Waals surface area contributed by atoms with E-state index in [1.807, 2.05) is 54.6 Å². The Balaban J connectivity index is 0.000000426. The van der Waals surface area contributed by atoms with Gasteiger partial charge >= 0.3 is 0 Å². The number of morpholine rings is 1. The number of nitrogens with two attached hydrogens (primary N) is 1. The molecule has 0 unspecified atom stereocenters. The number of ether oxygens (including phenoxy) is 1. The highest BCUT2D eigenvalue weighted by atomic mass is 16.5. The normalized spacial score (nSPS) is 13.3. The van der Waals surface area contributed by atoms with Crippen molar-refractivity contribution >= 4 is 28.7 Å². The molecule has 4 heterocycles. The number of pyridine rings is 2. The number of amides is 1. The number of nitrogens with zero attached hydrogens (tertiary/aromatic N) is 4. The lowest BCUT2D eigenvalue weighted by molar-refractivity contribution is 0.0995. The Bertz CT molecular complexity index is 1320. The molecule has 4 N–H and O–H groups in total. The van der Waals surface area contributed by atoms with Crippen LogP contribution in [0.4, 0.5) is 17.2 Å². The van der Waals surface area contributed by atoms with E-state index in [2.05, 4.69) is 29.0 Å². The van der Waals surface area contributed by atoms with E-state index in [-0.39, 0.29) is 0 Å². The van der Waals surface area contributed by atoms with Gasteiger partial charge in [0.15, 0.2) is 5.65 Å². The van der Waals surface area contributed by atoms with E-state index >= 15 is 0 Å². The van der Waals surface area contributed by atoms with Crippen LogP contribution in [0.3, 0.4) is 0 Å². The van der Waals surface area contributed by atoms with Crippen LogP contribution in [0, 0.1) is 5.92 Å². The first kappa shape index (κ1) is 27.1. The molecule has 200 valence electrons. The fourth-order valence-corrected chi connectivity index (χ4v) is 4.29. The highest BCUT2D eigenvalue weighted by Crippen LogP contribution is 2.29. The number of carbonyl (C=O) groups is 1. The number of carbonyl (C=O) groups excluding carboxylic acids is 1. The van der Waals surface area contributed by atoms with E-state index in [4.69, 9.17) is 20.6 Å². The van der Waals surface area contributed by atoms with E-state index in [0.717, 1.165) is 67.8 Å². The Labute approximate surface area is 223 Å². The van der Waals surface area contributed by atoms with Crippen molar-refractivity contribution in [2.75, 3.05) is 43.1 Å². The quantitative estimate of drug-likeness (QED) is 0.316. The average molecular weight is 517 g/mol. The molecular formula is C29H36N6O3. The van der Waals surface area contributed by atoms with Crippen molar-refractivity contribution in [2.24, 2.45) is 11.7 Å². The molecule has 0 saturated carbocycles. The summed E-state index contributed by atoms with van der Waals surface area (Å²) < 4.78 is 7.13. The van der Waals surface area contributed by atoms with Crippen molar-refractivity contribution in [1.29, 1.82) is 0 Å². The molecule has 0 atom stereocenters. The highest BCUT2D eigenvalue weighted by Gasteiger charge is 2.20. The summed E-state index contributed by atoms with van der Waals surface area (Å²) in [4.78, 5) is 23.8. The molecule has 1 saturated heterocycles. The molecule has 0 bridgehead atoms. The predicted molar refractivity (Wildman–Crippen MR) is 151 cm³/mol. The van der Waals surface area contributed by atoms with Gasteiger partial charge in [0.2, 0.25) is 0 Å². The minimum Gasteiger partial charge on any atom is -0.396 e. The number of aromatic nitrogens is 3. The summed E-state index contributed by atoms with van der Waals surface area (Å²) in [7, 11) is 0. The summed E-state index contributed by atoms with van der Waals surface area (Å²) in [6.07, 6.45) is 5.69. The van der Waals surface area contributed by atoms with Crippen LogP contribution in [0.25, 0.3) is 16.9 Å². The predicted octanol–water partition coefficient (Wildman–Crippen LogP) is 4.49. The van der Waals surface area contributed by atoms with Gasteiger partial charge in [-0.25, -0.2) is 9.97 Å². The lowest BCUT2D eigenvalue weighted by Crippen LogP contribution is -2.36. The third-order valence-corrected chi connectivity index (χ3v) is 6.23. The molecule has 9 nitrogen and oxygen atoms in total. The van der Waals surface area contributed by atoms with E-state index < -0.39 is 5.91 Å². The molecule has 1 fully saturated rings. The highest BCUT2D eigenvalue weighted by molar-refractivity contribution is 5.99. The molecule has 3 aromatic heterocycles. The van der Waals surface area contributed by atoms with Gasteiger partial charge in [0.25, 0.3) is 5.91 Å². The summed E-state index contributed by atoms with van der Waals surface area (Å²) >= 11 is 0. The minimum atomic E-state index is -0.528. The van der Waals surface area contributed by atoms with Crippen LogP contribution in [-0.2, 0) is 4.74 Å². The molecule has 9 heteroatoms. The molecule has 38 heavy (non-hydrogen) atoms. The molecule has 5 rings (SSSR count). The number of benzene rings is 1. The molecule has 1 aliphatic heterocycles. The maximum atomic E-state index is 12.2. The number of primary amides is 1. The van der Waals surface area contributed by atoms with Gasteiger partial charge in [-0.3, -0.25) is 9.20 Å². The van der Waals surface area contributed by atoms with Crippen LogP contribution in [0.5, 0.6) is 0 Å². The Kier molecular flexibility index (Phi) is 9.29. The molecule has 4 aromatic rings. The van der Waals surface area contributed by atoms with Crippen molar-refractivity contribution in [3.8, 4) is 11.3 Å². The zero-order chi connectivity index (χ0) is 26.9. The van der Waals surface area contributed by atoms with Gasteiger partial charge in [-0.2, -0.15) is 0 Å². The van der Waals surface area contributed by atoms with Gasteiger partial charge in [0.05, 0.1) is 30.8 Å². The third-order valence-electron chi connectivity index (χ3n) is 6.23. The van der Waals surface area contributed by atoms with E-state index in [1.54, 1.807) is 16.8 Å². The summed E-state index contributed by atoms with van der Waals surface area (Å²) in [6, 6.07) is 17.3. The van der Waals surface area contributed by atoms with Crippen LogP contribution in [0.15, 0.2) is 67.0 Å². The van der Waals surface area contributed by atoms with E-state index in [1.165, 1.54) is 0 Å². The van der Waals surface area contributed by atoms with Crippen LogP contribution >= 0.6 is 0 Å². The summed E-state index contributed by atoms with van der Waals surface area (Å²) in [5.41, 5.74) is 9.66. The molecular weight excluding hydrogens is 480 g/mol. The van der Waals surface area contributed by atoms with Gasteiger partial charge in [0.1, 0.15) is 17.2 Å². The maximum Gasteiger partial charge on any atom is 0.268 e. The fraction of sp³-hybridized carbons (Fsp3) is 0.345. The van der Waals surface area contributed by atoms with Crippen molar-refractivity contribution in [3.63, 3.8) is 0 Å². The van der Waals surface area contributed by atoms with Crippen molar-refractivity contribution < 1.29 is 14.6 Å². The fourth-order valence-electron chi connectivity index (χ4n) is 4.29. The minimum absolute atomic E-state index is 0.345. The van der Waals surface area contributed by atoms with Crippen molar-refractivity contribution in [3.05, 3.63) is 72.7 Å². The number of aliphatic hydroxyl groups excluding tert-OH is 1. The van der Waals surface area contributed by atoms with Gasteiger partial charge in [-0.05, 0) is 43.0 Å². The maximum absolute atomic E-state index is 12.2. The first-order valence-corrected chi connectivity index (χ1v) is 13.0. The number of fused-ring (bicyclic) bond motifs is 1. The zero-order valence-electron chi connectivity index (χ0n) is 22.0. The first-order chi connectivity index (χ1) is 18.5. The lowest BCUT2D eigenvalue weighted by atomic mass is 10.1. The van der Waals surface area contributed by atoms with Crippen LogP contribution in [0.2, 0.25) is 0 Å². The number of hydrogen-bond acceptors (Lipinski definition) is 7. The summed E-state index contributed by atoms with van der Waals surface area (Å²) in [5.74, 6) is 1.14. The lowest BCUT2D eigenvalue weighted by Gasteiger charge is -2.27. The number of imidazole rings is 1. The van der Waals surface area contributed by atoms with Crippen molar-refractivity contribution in [1.82, 2.24) is 14.4 Å². The second-order valence-electron chi connectivity index (χ2n) is 9.54. The average Bonchev–Trinajstić information content (AvgIpc) is 3.35. The van der Waals surface area contributed by atoms with E-state index in [9.17, 15) is 4.79 Å². The Morgan fingerprint density at radius 1 is 1.11 bits per heavy atom. The first-order valence-electron chi connectivity index (χ1n) is 13.0. The second kappa shape index (κ2) is 13.0. The number of rotatable bonds is 8. The molecule has 1 aliphatic rings. The van der Waals surface area contributed by atoms with Gasteiger partial charge in [-0.1, -0.05) is 44.2 Å². The van der Waals surface area contributed by atoms with Crippen LogP contribution in [0.1, 0.15) is 37.2 Å². The second-order valence-corrected chi connectivity index (χ2v) is 9.54. The number of hydrogen-bond donors (Lipinski definition) is 3. The third kappa shape index (κ3) is 6.67. The van der Waals surface area contributed by atoms with Gasteiger partial charge in [-0.15, -0.1) is 0 Å². The SMILES string of the molecule is CC(C)CCCO.NC(=O)c1c(-c2ccccc2)nc2c(Nc3ccc(N4CCOCC4)nc3)cccn12. The Morgan fingerprint density at radius 3 is 2.47 bits per heavy atom. The smallest absolute Gasteiger partial charge is 0.268 e. The zero-order valence-corrected chi connectivity index (χ0v) is 22.0.